The van der Waals surface area contributed by atoms with Crippen molar-refractivity contribution in [2.24, 2.45) is 0 Å². The van der Waals surface area contributed by atoms with E-state index in [1.807, 2.05) is 0 Å². The van der Waals surface area contributed by atoms with Gasteiger partial charge in [-0.05, 0) is 30.9 Å². The summed E-state index contributed by atoms with van der Waals surface area (Å²) >= 11 is 3.61. The molecule has 0 bridgehead atoms. The molecule has 0 aromatic heterocycles. The van der Waals surface area contributed by atoms with Crippen LogP contribution in [0.15, 0.2) is 22.7 Å². The van der Waals surface area contributed by atoms with Crippen LogP contribution >= 0.6 is 15.9 Å². The summed E-state index contributed by atoms with van der Waals surface area (Å²) in [4.78, 5) is 0. The Bertz CT molecular complexity index is 305. The molecule has 0 heterocycles. The Morgan fingerprint density at radius 2 is 2.23 bits per heavy atom. The summed E-state index contributed by atoms with van der Waals surface area (Å²) in [6.45, 7) is 3.12. The molecule has 0 amide bonds. The van der Waals surface area contributed by atoms with Crippen molar-refractivity contribution < 1.29 is 0 Å². The van der Waals surface area contributed by atoms with Crippen molar-refractivity contribution >= 4 is 15.9 Å². The number of hydrogen-bond donors (Lipinski definition) is 1. The molecule has 0 unspecified atom stereocenters. The molecule has 1 N–H and O–H groups in total. The molecule has 1 saturated carbocycles. The molecule has 0 aliphatic heterocycles. The Hall–Kier alpha value is -0.340. The SMILES string of the molecule is Cc1cccc(CNC2CC2)c1Br. The molecule has 1 aliphatic rings. The van der Waals surface area contributed by atoms with E-state index in [1.165, 1.54) is 28.4 Å². The summed E-state index contributed by atoms with van der Waals surface area (Å²) in [5.41, 5.74) is 2.68. The van der Waals surface area contributed by atoms with Gasteiger partial charge in [-0.3, -0.25) is 0 Å². The molecule has 2 heteroatoms. The van der Waals surface area contributed by atoms with E-state index in [9.17, 15) is 0 Å². The van der Waals surface area contributed by atoms with E-state index in [1.54, 1.807) is 0 Å². The number of hydrogen-bond acceptors (Lipinski definition) is 1. The zero-order valence-corrected chi connectivity index (χ0v) is 9.39. The molecular weight excluding hydrogens is 226 g/mol. The van der Waals surface area contributed by atoms with E-state index in [0.717, 1.165) is 12.6 Å². The first kappa shape index (κ1) is 9.22. The van der Waals surface area contributed by atoms with Gasteiger partial charge in [0, 0.05) is 17.1 Å². The zero-order valence-electron chi connectivity index (χ0n) is 7.81. The Kier molecular flexibility index (Phi) is 2.70. The van der Waals surface area contributed by atoms with Crippen LogP contribution in [0.25, 0.3) is 0 Å². The smallest absolute Gasteiger partial charge is 0.0249 e. The molecule has 1 fully saturated rings. The quantitative estimate of drug-likeness (QED) is 0.856. The number of nitrogens with one attached hydrogen (secondary N) is 1. The topological polar surface area (TPSA) is 12.0 Å². The third-order valence-electron chi connectivity index (χ3n) is 2.43. The first-order chi connectivity index (χ1) is 6.27. The second-order valence-corrected chi connectivity index (χ2v) is 4.50. The van der Waals surface area contributed by atoms with Gasteiger partial charge < -0.3 is 5.32 Å². The fourth-order valence-corrected chi connectivity index (χ4v) is 1.79. The monoisotopic (exact) mass is 239 g/mol. The van der Waals surface area contributed by atoms with Gasteiger partial charge in [0.15, 0.2) is 0 Å². The molecule has 0 saturated heterocycles. The van der Waals surface area contributed by atoms with E-state index < -0.39 is 0 Å². The molecule has 1 nitrogen and oxygen atoms in total. The fraction of sp³-hybridized carbons (Fsp3) is 0.455. The maximum Gasteiger partial charge on any atom is 0.0249 e. The Labute approximate surface area is 87.7 Å². The fourth-order valence-electron chi connectivity index (χ4n) is 1.39. The molecule has 1 aromatic rings. The lowest BCUT2D eigenvalue weighted by molar-refractivity contribution is 0.685. The predicted octanol–water partition coefficient (Wildman–Crippen LogP) is 3.01. The van der Waals surface area contributed by atoms with Gasteiger partial charge in [-0.2, -0.15) is 0 Å². The minimum absolute atomic E-state index is 0.785. The molecule has 0 atom stereocenters. The molecule has 1 aliphatic carbocycles. The zero-order chi connectivity index (χ0) is 9.26. The van der Waals surface area contributed by atoms with Crippen molar-refractivity contribution in [2.75, 3.05) is 0 Å². The molecular formula is C11H14BrN. The van der Waals surface area contributed by atoms with Crippen LogP contribution in [0, 0.1) is 6.92 Å². The summed E-state index contributed by atoms with van der Waals surface area (Å²) in [7, 11) is 0. The maximum absolute atomic E-state index is 3.61. The van der Waals surface area contributed by atoms with Crippen molar-refractivity contribution in [3.8, 4) is 0 Å². The third-order valence-corrected chi connectivity index (χ3v) is 3.57. The lowest BCUT2D eigenvalue weighted by Crippen LogP contribution is -2.15. The lowest BCUT2D eigenvalue weighted by Gasteiger charge is -2.07. The van der Waals surface area contributed by atoms with Crippen molar-refractivity contribution in [3.63, 3.8) is 0 Å². The highest BCUT2D eigenvalue weighted by molar-refractivity contribution is 9.10. The summed E-state index contributed by atoms with van der Waals surface area (Å²) in [5, 5.41) is 3.51. The Morgan fingerprint density at radius 1 is 1.46 bits per heavy atom. The minimum atomic E-state index is 0.785. The van der Waals surface area contributed by atoms with Gasteiger partial charge in [-0.25, -0.2) is 0 Å². The second-order valence-electron chi connectivity index (χ2n) is 3.70. The first-order valence-corrected chi connectivity index (χ1v) is 5.54. The second kappa shape index (κ2) is 3.81. The highest BCUT2D eigenvalue weighted by Crippen LogP contribution is 2.23. The molecule has 1 aromatic carbocycles. The minimum Gasteiger partial charge on any atom is -0.310 e. The molecule has 13 heavy (non-hydrogen) atoms. The third kappa shape index (κ3) is 2.32. The van der Waals surface area contributed by atoms with Crippen LogP contribution in [-0.2, 0) is 6.54 Å². The summed E-state index contributed by atoms with van der Waals surface area (Å²) < 4.78 is 1.25. The number of rotatable bonds is 3. The summed E-state index contributed by atoms with van der Waals surface area (Å²) in [5.74, 6) is 0. The predicted molar refractivity (Wildman–Crippen MR) is 58.7 cm³/mol. The number of benzene rings is 1. The number of halogens is 1. The highest BCUT2D eigenvalue weighted by Gasteiger charge is 2.20. The Balaban J connectivity index is 2.05. The highest BCUT2D eigenvalue weighted by atomic mass is 79.9. The van der Waals surface area contributed by atoms with Gasteiger partial charge in [0.25, 0.3) is 0 Å². The Morgan fingerprint density at radius 3 is 2.92 bits per heavy atom. The van der Waals surface area contributed by atoms with E-state index in [-0.39, 0.29) is 0 Å². The van der Waals surface area contributed by atoms with E-state index in [0.29, 0.717) is 0 Å². The molecule has 70 valence electrons. The van der Waals surface area contributed by atoms with E-state index in [4.69, 9.17) is 0 Å². The van der Waals surface area contributed by atoms with E-state index in [2.05, 4.69) is 46.4 Å². The summed E-state index contributed by atoms with van der Waals surface area (Å²) in [6, 6.07) is 7.20. The lowest BCUT2D eigenvalue weighted by atomic mass is 10.1. The molecule has 2 rings (SSSR count). The van der Waals surface area contributed by atoms with Crippen LogP contribution in [-0.4, -0.2) is 6.04 Å². The van der Waals surface area contributed by atoms with Gasteiger partial charge in [0.1, 0.15) is 0 Å². The van der Waals surface area contributed by atoms with Crippen LogP contribution in [0.5, 0.6) is 0 Å². The van der Waals surface area contributed by atoms with Crippen LogP contribution in [0.2, 0.25) is 0 Å². The molecule has 0 spiro atoms. The van der Waals surface area contributed by atoms with Gasteiger partial charge in [0.05, 0.1) is 0 Å². The van der Waals surface area contributed by atoms with Crippen LogP contribution in [0.3, 0.4) is 0 Å². The van der Waals surface area contributed by atoms with Crippen molar-refractivity contribution in [2.45, 2.75) is 32.4 Å². The average Bonchev–Trinajstić information content (AvgIpc) is 2.91. The van der Waals surface area contributed by atoms with Crippen LogP contribution in [0.4, 0.5) is 0 Å². The molecule has 0 radical (unpaired) electrons. The van der Waals surface area contributed by atoms with Crippen molar-refractivity contribution in [1.82, 2.24) is 5.32 Å². The maximum atomic E-state index is 3.61. The number of aryl methyl sites for hydroxylation is 1. The van der Waals surface area contributed by atoms with Gasteiger partial charge in [-0.1, -0.05) is 34.1 Å². The first-order valence-electron chi connectivity index (χ1n) is 4.75. The average molecular weight is 240 g/mol. The van der Waals surface area contributed by atoms with E-state index >= 15 is 0 Å². The normalized spacial score (nSPS) is 16.2. The van der Waals surface area contributed by atoms with Crippen molar-refractivity contribution in [1.29, 1.82) is 0 Å². The van der Waals surface area contributed by atoms with Crippen molar-refractivity contribution in [3.05, 3.63) is 33.8 Å². The standard InChI is InChI=1S/C11H14BrN/c1-8-3-2-4-9(11(8)12)7-13-10-5-6-10/h2-4,10,13H,5-7H2,1H3. The largest absolute Gasteiger partial charge is 0.310 e. The van der Waals surface area contributed by atoms with Crippen LogP contribution < -0.4 is 5.32 Å². The van der Waals surface area contributed by atoms with Gasteiger partial charge in [-0.15, -0.1) is 0 Å². The van der Waals surface area contributed by atoms with Crippen LogP contribution in [0.1, 0.15) is 24.0 Å². The van der Waals surface area contributed by atoms with Gasteiger partial charge >= 0.3 is 0 Å². The summed E-state index contributed by atoms with van der Waals surface area (Å²) in [6.07, 6.45) is 2.70. The van der Waals surface area contributed by atoms with Gasteiger partial charge in [0.2, 0.25) is 0 Å².